The Bertz CT molecular complexity index is 1260. The number of carbonyl (C=O) groups is 1. The maximum absolute atomic E-state index is 14.2. The predicted molar refractivity (Wildman–Crippen MR) is 140 cm³/mol. The Hall–Kier alpha value is -3.77. The van der Waals surface area contributed by atoms with Gasteiger partial charge in [-0.1, -0.05) is 78.9 Å². The van der Waals surface area contributed by atoms with Gasteiger partial charge in [0.25, 0.3) is 5.91 Å². The minimum Gasteiger partial charge on any atom is -0.332 e. The number of rotatable bonds is 8. The van der Waals surface area contributed by atoms with Crippen molar-refractivity contribution < 1.29 is 4.79 Å². The molecule has 3 aromatic carbocycles. The van der Waals surface area contributed by atoms with E-state index in [-0.39, 0.29) is 17.9 Å². The smallest absolute Gasteiger partial charge is 0.292 e. The molecule has 2 fully saturated rings. The van der Waals surface area contributed by atoms with Gasteiger partial charge in [-0.3, -0.25) is 9.36 Å². The normalized spacial score (nSPS) is 17.6. The molecular formula is C30H31N5O. The van der Waals surface area contributed by atoms with Crippen LogP contribution in [-0.2, 0) is 6.54 Å². The van der Waals surface area contributed by atoms with E-state index in [2.05, 4.69) is 64.0 Å². The average molecular weight is 478 g/mol. The van der Waals surface area contributed by atoms with Gasteiger partial charge < -0.3 is 10.2 Å². The summed E-state index contributed by atoms with van der Waals surface area (Å²) in [7, 11) is 0. The minimum atomic E-state index is -0.0524. The van der Waals surface area contributed by atoms with E-state index < -0.39 is 0 Å². The first kappa shape index (κ1) is 22.7. The molecule has 1 saturated carbocycles. The molecule has 0 spiro atoms. The van der Waals surface area contributed by atoms with Crippen molar-refractivity contribution in [2.75, 3.05) is 6.54 Å². The number of hydrogen-bond donors (Lipinski definition) is 1. The van der Waals surface area contributed by atoms with E-state index in [0.717, 1.165) is 30.9 Å². The molecule has 1 saturated heterocycles. The van der Waals surface area contributed by atoms with E-state index >= 15 is 0 Å². The molecule has 6 rings (SSSR count). The topological polar surface area (TPSA) is 63.1 Å². The highest BCUT2D eigenvalue weighted by molar-refractivity contribution is 5.92. The Kier molecular flexibility index (Phi) is 6.35. The average Bonchev–Trinajstić information content (AvgIpc) is 3.47. The molecule has 6 heteroatoms. The Morgan fingerprint density at radius 1 is 0.833 bits per heavy atom. The van der Waals surface area contributed by atoms with Crippen molar-refractivity contribution in [3.05, 3.63) is 114 Å². The molecule has 182 valence electrons. The van der Waals surface area contributed by atoms with Crippen LogP contribution in [0.5, 0.6) is 0 Å². The zero-order valence-corrected chi connectivity index (χ0v) is 20.3. The van der Waals surface area contributed by atoms with Gasteiger partial charge in [-0.05, 0) is 48.9 Å². The lowest BCUT2D eigenvalue weighted by Crippen LogP contribution is -2.40. The number of nitrogens with one attached hydrogen (secondary N) is 1. The second-order valence-electron chi connectivity index (χ2n) is 9.77. The quantitative estimate of drug-likeness (QED) is 0.390. The van der Waals surface area contributed by atoms with Crippen LogP contribution in [0.15, 0.2) is 91.0 Å². The van der Waals surface area contributed by atoms with Crippen molar-refractivity contribution in [1.82, 2.24) is 25.0 Å². The van der Waals surface area contributed by atoms with E-state index in [1.807, 2.05) is 51.9 Å². The molecule has 0 bridgehead atoms. The highest BCUT2D eigenvalue weighted by Crippen LogP contribution is 2.37. The highest BCUT2D eigenvalue weighted by atomic mass is 16.2. The van der Waals surface area contributed by atoms with Gasteiger partial charge in [-0.25, -0.2) is 0 Å². The van der Waals surface area contributed by atoms with Gasteiger partial charge in [0.1, 0.15) is 0 Å². The summed E-state index contributed by atoms with van der Waals surface area (Å²) in [5.41, 5.74) is 3.37. The predicted octanol–water partition coefficient (Wildman–Crippen LogP) is 4.96. The third-order valence-electron chi connectivity index (χ3n) is 7.32. The summed E-state index contributed by atoms with van der Waals surface area (Å²) in [5, 5.41) is 12.5. The monoisotopic (exact) mass is 477 g/mol. The molecule has 1 aliphatic heterocycles. The standard InChI is InChI=1S/C30H31N5O/c36-30(29-33-32-27(21-31-24-18-19-24)35(29)25-15-8-3-9-16-25)34-20-10-17-26(34)28(22-11-4-1-5-12-22)23-13-6-2-7-14-23/h1-9,11-16,24,26,28,31H,10,17-21H2/t26-/m1/s1. The fourth-order valence-corrected chi connectivity index (χ4v) is 5.42. The molecule has 4 aromatic rings. The van der Waals surface area contributed by atoms with Crippen LogP contribution < -0.4 is 5.32 Å². The van der Waals surface area contributed by atoms with Gasteiger partial charge in [0, 0.05) is 30.2 Å². The number of carbonyl (C=O) groups excluding carboxylic acids is 1. The maximum atomic E-state index is 14.2. The molecule has 0 unspecified atom stereocenters. The van der Waals surface area contributed by atoms with Gasteiger partial charge in [0.05, 0.1) is 6.54 Å². The Morgan fingerprint density at radius 3 is 2.06 bits per heavy atom. The van der Waals surface area contributed by atoms with Crippen LogP contribution in [0.4, 0.5) is 0 Å². The summed E-state index contributed by atoms with van der Waals surface area (Å²) >= 11 is 0. The summed E-state index contributed by atoms with van der Waals surface area (Å²) in [6.45, 7) is 1.32. The first-order valence-corrected chi connectivity index (χ1v) is 12.9. The summed E-state index contributed by atoms with van der Waals surface area (Å²) in [4.78, 5) is 16.2. The summed E-state index contributed by atoms with van der Waals surface area (Å²) in [5.74, 6) is 1.21. The minimum absolute atomic E-state index is 0.0521. The summed E-state index contributed by atoms with van der Waals surface area (Å²) < 4.78 is 1.94. The van der Waals surface area contributed by atoms with Crippen molar-refractivity contribution in [1.29, 1.82) is 0 Å². The van der Waals surface area contributed by atoms with Crippen LogP contribution in [0.25, 0.3) is 5.69 Å². The Balaban J connectivity index is 1.37. The Morgan fingerprint density at radius 2 is 1.44 bits per heavy atom. The largest absolute Gasteiger partial charge is 0.332 e. The first-order chi connectivity index (χ1) is 17.8. The van der Waals surface area contributed by atoms with E-state index in [1.165, 1.54) is 24.0 Å². The van der Waals surface area contributed by atoms with E-state index in [4.69, 9.17) is 0 Å². The number of amides is 1. The second-order valence-corrected chi connectivity index (χ2v) is 9.77. The SMILES string of the molecule is O=C(c1nnc(CNC2CC2)n1-c1ccccc1)N1CCC[C@@H]1C(c1ccccc1)c1ccccc1. The van der Waals surface area contributed by atoms with Crippen LogP contribution in [0.1, 0.15) is 59.2 Å². The van der Waals surface area contributed by atoms with Crippen LogP contribution in [0, 0.1) is 0 Å². The van der Waals surface area contributed by atoms with Crippen LogP contribution in [-0.4, -0.2) is 44.2 Å². The lowest BCUT2D eigenvalue weighted by atomic mass is 9.84. The number of hydrogen-bond acceptors (Lipinski definition) is 4. The summed E-state index contributed by atoms with van der Waals surface area (Å²) in [6, 6.07) is 31.7. The van der Waals surface area contributed by atoms with Crippen LogP contribution >= 0.6 is 0 Å². The zero-order valence-electron chi connectivity index (χ0n) is 20.3. The number of nitrogens with zero attached hydrogens (tertiary/aromatic N) is 4. The van der Waals surface area contributed by atoms with Gasteiger partial charge in [-0.15, -0.1) is 10.2 Å². The number of aromatic nitrogens is 3. The highest BCUT2D eigenvalue weighted by Gasteiger charge is 2.38. The van der Waals surface area contributed by atoms with Gasteiger partial charge in [0.15, 0.2) is 5.82 Å². The van der Waals surface area contributed by atoms with E-state index in [1.54, 1.807) is 0 Å². The van der Waals surface area contributed by atoms with Crippen molar-refractivity contribution in [2.45, 2.75) is 50.2 Å². The number of likely N-dealkylation sites (tertiary alicyclic amines) is 1. The third kappa shape index (κ3) is 4.56. The van der Waals surface area contributed by atoms with E-state index in [9.17, 15) is 4.79 Å². The third-order valence-corrected chi connectivity index (χ3v) is 7.32. The van der Waals surface area contributed by atoms with Crippen molar-refractivity contribution in [2.24, 2.45) is 0 Å². The summed E-state index contributed by atoms with van der Waals surface area (Å²) in [6.07, 6.45) is 4.32. The van der Waals surface area contributed by atoms with Crippen LogP contribution in [0.2, 0.25) is 0 Å². The van der Waals surface area contributed by atoms with Crippen molar-refractivity contribution in [3.8, 4) is 5.69 Å². The fourth-order valence-electron chi connectivity index (χ4n) is 5.42. The molecule has 2 aliphatic rings. The van der Waals surface area contributed by atoms with Gasteiger partial charge in [0.2, 0.25) is 5.82 Å². The van der Waals surface area contributed by atoms with Crippen molar-refractivity contribution in [3.63, 3.8) is 0 Å². The maximum Gasteiger partial charge on any atom is 0.292 e. The first-order valence-electron chi connectivity index (χ1n) is 12.9. The van der Waals surface area contributed by atoms with Crippen LogP contribution in [0.3, 0.4) is 0 Å². The number of benzene rings is 3. The van der Waals surface area contributed by atoms with Gasteiger partial charge in [-0.2, -0.15) is 0 Å². The zero-order chi connectivity index (χ0) is 24.3. The molecule has 1 amide bonds. The number of para-hydroxylation sites is 1. The van der Waals surface area contributed by atoms with E-state index in [0.29, 0.717) is 18.4 Å². The van der Waals surface area contributed by atoms with Gasteiger partial charge >= 0.3 is 0 Å². The molecule has 2 heterocycles. The molecule has 1 N–H and O–H groups in total. The second kappa shape index (κ2) is 10.1. The molecule has 36 heavy (non-hydrogen) atoms. The molecule has 1 aromatic heterocycles. The lowest BCUT2D eigenvalue weighted by Gasteiger charge is -2.32. The fraction of sp³-hybridized carbons (Fsp3) is 0.300. The Labute approximate surface area is 212 Å². The molecular weight excluding hydrogens is 446 g/mol. The van der Waals surface area contributed by atoms with Crippen molar-refractivity contribution >= 4 is 5.91 Å². The lowest BCUT2D eigenvalue weighted by molar-refractivity contribution is 0.0710. The molecule has 1 atom stereocenters. The molecule has 6 nitrogen and oxygen atoms in total. The molecule has 0 radical (unpaired) electrons. The molecule has 1 aliphatic carbocycles.